The van der Waals surface area contributed by atoms with E-state index in [9.17, 15) is 4.79 Å². The minimum atomic E-state index is -0.403. The number of carbonyl (C=O) groups is 1. The molecule has 0 saturated carbocycles. The molecule has 3 rings (SSSR count). The number of nitrogens with zero attached hydrogens (tertiary/aromatic N) is 1. The van der Waals surface area contributed by atoms with Crippen LogP contribution in [-0.2, 0) is 11.3 Å². The van der Waals surface area contributed by atoms with Gasteiger partial charge >= 0.3 is 0 Å². The first-order valence-electron chi connectivity index (χ1n) is 11.7. The number of aryl methyl sites for hydroxylation is 2. The number of ether oxygens (including phenoxy) is 1. The van der Waals surface area contributed by atoms with Gasteiger partial charge in [-0.2, -0.15) is 0 Å². The Kier molecular flexibility index (Phi) is 8.61. The van der Waals surface area contributed by atoms with Crippen molar-refractivity contribution in [1.82, 2.24) is 10.2 Å². The highest BCUT2D eigenvalue weighted by Crippen LogP contribution is 2.26. The van der Waals surface area contributed by atoms with Crippen LogP contribution in [0.3, 0.4) is 0 Å². The SMILES string of the molecule is Cc1ccc(C)c(OCCCC(C)(C)C(=O)NC2CCN(Cc3ccccc3Cl)CC2)c1. The smallest absolute Gasteiger partial charge is 0.225 e. The Morgan fingerprint density at radius 3 is 2.59 bits per heavy atom. The third kappa shape index (κ3) is 6.98. The van der Waals surface area contributed by atoms with Gasteiger partial charge in [0.25, 0.3) is 0 Å². The van der Waals surface area contributed by atoms with Crippen molar-refractivity contribution < 1.29 is 9.53 Å². The molecule has 2 aromatic carbocycles. The van der Waals surface area contributed by atoms with Crippen LogP contribution in [0.15, 0.2) is 42.5 Å². The standard InChI is InChI=1S/C27H37ClN2O2/c1-20-10-11-21(2)25(18-20)32-17-7-14-27(3,4)26(31)29-23-12-15-30(16-13-23)19-22-8-5-6-9-24(22)28/h5-6,8-11,18,23H,7,12-17,19H2,1-4H3,(H,29,31). The number of nitrogens with one attached hydrogen (secondary N) is 1. The molecule has 0 aliphatic carbocycles. The van der Waals surface area contributed by atoms with Crippen molar-refractivity contribution >= 4 is 17.5 Å². The van der Waals surface area contributed by atoms with Crippen LogP contribution < -0.4 is 10.1 Å². The summed E-state index contributed by atoms with van der Waals surface area (Å²) in [6.07, 6.45) is 3.60. The van der Waals surface area contributed by atoms with Crippen LogP contribution in [-0.4, -0.2) is 36.5 Å². The monoisotopic (exact) mass is 456 g/mol. The van der Waals surface area contributed by atoms with Gasteiger partial charge < -0.3 is 10.1 Å². The summed E-state index contributed by atoms with van der Waals surface area (Å²) >= 11 is 6.30. The first-order chi connectivity index (χ1) is 15.2. The van der Waals surface area contributed by atoms with E-state index in [0.717, 1.165) is 61.7 Å². The summed E-state index contributed by atoms with van der Waals surface area (Å²) in [5, 5.41) is 4.12. The fourth-order valence-corrected chi connectivity index (χ4v) is 4.35. The Bertz CT molecular complexity index is 904. The average Bonchev–Trinajstić information content (AvgIpc) is 2.76. The summed E-state index contributed by atoms with van der Waals surface area (Å²) in [4.78, 5) is 15.3. The summed E-state index contributed by atoms with van der Waals surface area (Å²) in [7, 11) is 0. The maximum atomic E-state index is 12.9. The number of rotatable bonds is 9. The third-order valence-electron chi connectivity index (χ3n) is 6.44. The molecule has 5 heteroatoms. The second-order valence-electron chi connectivity index (χ2n) is 9.72. The van der Waals surface area contributed by atoms with E-state index in [-0.39, 0.29) is 11.9 Å². The highest BCUT2D eigenvalue weighted by atomic mass is 35.5. The fourth-order valence-electron chi connectivity index (χ4n) is 4.16. The molecule has 1 aliphatic heterocycles. The molecule has 1 N–H and O–H groups in total. The summed E-state index contributed by atoms with van der Waals surface area (Å²) in [5.74, 6) is 1.09. The lowest BCUT2D eigenvalue weighted by Gasteiger charge is -2.34. The van der Waals surface area contributed by atoms with Gasteiger partial charge in [0.15, 0.2) is 0 Å². The van der Waals surface area contributed by atoms with Crippen LogP contribution >= 0.6 is 11.6 Å². The van der Waals surface area contributed by atoms with E-state index >= 15 is 0 Å². The van der Waals surface area contributed by atoms with Crippen molar-refractivity contribution in [1.29, 1.82) is 0 Å². The second kappa shape index (κ2) is 11.2. The van der Waals surface area contributed by atoms with E-state index in [4.69, 9.17) is 16.3 Å². The van der Waals surface area contributed by atoms with Crippen molar-refractivity contribution in [3.63, 3.8) is 0 Å². The van der Waals surface area contributed by atoms with E-state index < -0.39 is 5.41 Å². The Labute approximate surface area is 198 Å². The lowest BCUT2D eigenvalue weighted by molar-refractivity contribution is -0.130. The zero-order valence-corrected chi connectivity index (χ0v) is 20.7. The molecule has 1 aliphatic rings. The van der Waals surface area contributed by atoms with Crippen LogP contribution in [0.25, 0.3) is 0 Å². The zero-order chi connectivity index (χ0) is 23.1. The number of amides is 1. The molecular formula is C27H37ClN2O2. The second-order valence-corrected chi connectivity index (χ2v) is 10.1. The predicted molar refractivity (Wildman–Crippen MR) is 132 cm³/mol. The molecule has 0 spiro atoms. The number of hydrogen-bond donors (Lipinski definition) is 1. The molecule has 0 unspecified atom stereocenters. The van der Waals surface area contributed by atoms with E-state index in [1.54, 1.807) is 0 Å². The Balaban J connectivity index is 1.39. The molecule has 4 nitrogen and oxygen atoms in total. The van der Waals surface area contributed by atoms with Crippen molar-refractivity contribution in [2.24, 2.45) is 5.41 Å². The van der Waals surface area contributed by atoms with E-state index in [2.05, 4.69) is 48.3 Å². The fraction of sp³-hybridized carbons (Fsp3) is 0.519. The Hall–Kier alpha value is -2.04. The molecule has 0 atom stereocenters. The summed E-state index contributed by atoms with van der Waals surface area (Å²) < 4.78 is 5.97. The van der Waals surface area contributed by atoms with Crippen molar-refractivity contribution in [2.45, 2.75) is 66.0 Å². The van der Waals surface area contributed by atoms with Crippen LogP contribution in [0.4, 0.5) is 0 Å². The quantitative estimate of drug-likeness (QED) is 0.476. The Morgan fingerprint density at radius 2 is 1.88 bits per heavy atom. The lowest BCUT2D eigenvalue weighted by Crippen LogP contribution is -2.48. The molecule has 0 aromatic heterocycles. The van der Waals surface area contributed by atoms with Crippen LogP contribution in [0.1, 0.15) is 56.2 Å². The molecule has 0 bridgehead atoms. The summed E-state index contributed by atoms with van der Waals surface area (Å²) in [6, 6.07) is 14.5. The van der Waals surface area contributed by atoms with Crippen molar-refractivity contribution in [3.05, 3.63) is 64.2 Å². The van der Waals surface area contributed by atoms with Gasteiger partial charge in [-0.05, 0) is 68.4 Å². The molecule has 1 amide bonds. The molecule has 1 heterocycles. The highest BCUT2D eigenvalue weighted by molar-refractivity contribution is 6.31. The third-order valence-corrected chi connectivity index (χ3v) is 6.81. The molecule has 1 fully saturated rings. The molecular weight excluding hydrogens is 420 g/mol. The van der Waals surface area contributed by atoms with E-state index in [1.165, 1.54) is 11.1 Å². The maximum absolute atomic E-state index is 12.9. The molecule has 174 valence electrons. The van der Waals surface area contributed by atoms with Crippen LogP contribution in [0.5, 0.6) is 5.75 Å². The normalized spacial score (nSPS) is 15.5. The van der Waals surface area contributed by atoms with Crippen molar-refractivity contribution in [2.75, 3.05) is 19.7 Å². The number of benzene rings is 2. The molecule has 1 saturated heterocycles. The van der Waals surface area contributed by atoms with Gasteiger partial charge in [0, 0.05) is 36.1 Å². The van der Waals surface area contributed by atoms with Gasteiger partial charge in [0.1, 0.15) is 5.75 Å². The number of piperidine rings is 1. The molecule has 2 aromatic rings. The van der Waals surface area contributed by atoms with Crippen molar-refractivity contribution in [3.8, 4) is 5.75 Å². The molecule has 0 radical (unpaired) electrons. The first kappa shape index (κ1) is 24.6. The zero-order valence-electron chi connectivity index (χ0n) is 19.9. The van der Waals surface area contributed by atoms with E-state index in [0.29, 0.717) is 6.61 Å². The largest absolute Gasteiger partial charge is 0.493 e. The minimum Gasteiger partial charge on any atom is -0.493 e. The number of likely N-dealkylation sites (tertiary alicyclic amines) is 1. The van der Waals surface area contributed by atoms with E-state index in [1.807, 2.05) is 32.0 Å². The Morgan fingerprint density at radius 1 is 1.16 bits per heavy atom. The van der Waals surface area contributed by atoms with Gasteiger partial charge in [-0.25, -0.2) is 0 Å². The van der Waals surface area contributed by atoms with Gasteiger partial charge in [-0.3, -0.25) is 9.69 Å². The summed E-state index contributed by atoms with van der Waals surface area (Å²) in [6.45, 7) is 11.6. The lowest BCUT2D eigenvalue weighted by atomic mass is 9.86. The number of carbonyl (C=O) groups excluding carboxylic acids is 1. The predicted octanol–water partition coefficient (Wildman–Crippen LogP) is 5.92. The van der Waals surface area contributed by atoms with Gasteiger partial charge in [-0.1, -0.05) is 55.8 Å². The average molecular weight is 457 g/mol. The van der Waals surface area contributed by atoms with Gasteiger partial charge in [-0.15, -0.1) is 0 Å². The maximum Gasteiger partial charge on any atom is 0.225 e. The minimum absolute atomic E-state index is 0.147. The number of halogens is 1. The topological polar surface area (TPSA) is 41.6 Å². The van der Waals surface area contributed by atoms with Crippen LogP contribution in [0, 0.1) is 19.3 Å². The highest BCUT2D eigenvalue weighted by Gasteiger charge is 2.30. The van der Waals surface area contributed by atoms with Gasteiger partial charge in [0.2, 0.25) is 5.91 Å². The van der Waals surface area contributed by atoms with Gasteiger partial charge in [0.05, 0.1) is 6.61 Å². The molecule has 32 heavy (non-hydrogen) atoms. The summed E-state index contributed by atoms with van der Waals surface area (Å²) in [5.41, 5.74) is 3.11. The number of hydrogen-bond acceptors (Lipinski definition) is 3. The van der Waals surface area contributed by atoms with Crippen LogP contribution in [0.2, 0.25) is 5.02 Å². The first-order valence-corrected chi connectivity index (χ1v) is 12.1.